The van der Waals surface area contributed by atoms with Crippen molar-refractivity contribution in [1.29, 1.82) is 0 Å². The SMILES string of the molecule is C[C@H](NC(=O)Nc1ccc(-c2cncs2)c(S(=O)(=O)NC(C)(C)C)c1)c1ccccc1. The molecule has 2 aromatic carbocycles. The van der Waals surface area contributed by atoms with Crippen LogP contribution < -0.4 is 15.4 Å². The summed E-state index contributed by atoms with van der Waals surface area (Å²) in [5.74, 6) is 0. The van der Waals surface area contributed by atoms with Crippen LogP contribution in [0.5, 0.6) is 0 Å². The van der Waals surface area contributed by atoms with E-state index >= 15 is 0 Å². The van der Waals surface area contributed by atoms with Gasteiger partial charge in [-0.25, -0.2) is 17.9 Å². The van der Waals surface area contributed by atoms with Crippen molar-refractivity contribution in [2.45, 2.75) is 44.2 Å². The van der Waals surface area contributed by atoms with E-state index < -0.39 is 21.6 Å². The maximum absolute atomic E-state index is 13.1. The minimum absolute atomic E-state index is 0.0839. The van der Waals surface area contributed by atoms with E-state index in [2.05, 4.69) is 20.3 Å². The third-order valence-corrected chi connectivity index (χ3v) is 6.92. The van der Waals surface area contributed by atoms with Crippen LogP contribution in [0.25, 0.3) is 10.4 Å². The van der Waals surface area contributed by atoms with E-state index in [1.165, 1.54) is 17.4 Å². The Morgan fingerprint density at radius 3 is 2.42 bits per heavy atom. The molecule has 1 heterocycles. The first-order valence-corrected chi connectivity index (χ1v) is 12.1. The number of sulfonamides is 1. The smallest absolute Gasteiger partial charge is 0.319 e. The van der Waals surface area contributed by atoms with Gasteiger partial charge in [-0.15, -0.1) is 11.3 Å². The first kappa shape index (κ1) is 22.9. The number of aromatic nitrogens is 1. The van der Waals surface area contributed by atoms with Gasteiger partial charge in [-0.05, 0) is 45.4 Å². The molecule has 0 radical (unpaired) electrons. The molecular weight excluding hydrogens is 432 g/mol. The van der Waals surface area contributed by atoms with E-state index in [1.807, 2.05) is 37.3 Å². The van der Waals surface area contributed by atoms with Gasteiger partial charge < -0.3 is 10.6 Å². The highest BCUT2D eigenvalue weighted by molar-refractivity contribution is 7.89. The van der Waals surface area contributed by atoms with Crippen LogP contribution in [0.4, 0.5) is 10.5 Å². The lowest BCUT2D eigenvalue weighted by Gasteiger charge is -2.22. The molecule has 9 heteroatoms. The highest BCUT2D eigenvalue weighted by Crippen LogP contribution is 2.32. The molecule has 7 nitrogen and oxygen atoms in total. The number of thiazole rings is 1. The number of hydrogen-bond acceptors (Lipinski definition) is 5. The van der Waals surface area contributed by atoms with E-state index in [4.69, 9.17) is 0 Å². The number of amides is 2. The number of anilines is 1. The first-order valence-electron chi connectivity index (χ1n) is 9.74. The van der Waals surface area contributed by atoms with Crippen LogP contribution in [0, 0.1) is 0 Å². The molecule has 0 bridgehead atoms. The maximum Gasteiger partial charge on any atom is 0.319 e. The summed E-state index contributed by atoms with van der Waals surface area (Å²) in [6.07, 6.45) is 1.62. The molecule has 0 saturated heterocycles. The van der Waals surface area contributed by atoms with E-state index in [1.54, 1.807) is 44.6 Å². The van der Waals surface area contributed by atoms with Crippen molar-refractivity contribution in [1.82, 2.24) is 15.0 Å². The normalized spacial score (nSPS) is 12.9. The minimum Gasteiger partial charge on any atom is -0.331 e. The van der Waals surface area contributed by atoms with Crippen molar-refractivity contribution in [3.05, 3.63) is 65.8 Å². The molecule has 0 unspecified atom stereocenters. The van der Waals surface area contributed by atoms with Gasteiger partial charge in [0.05, 0.1) is 21.3 Å². The van der Waals surface area contributed by atoms with Gasteiger partial charge in [0, 0.05) is 23.0 Å². The number of nitrogens with one attached hydrogen (secondary N) is 3. The van der Waals surface area contributed by atoms with Gasteiger partial charge in [0.2, 0.25) is 10.0 Å². The van der Waals surface area contributed by atoms with Gasteiger partial charge in [-0.3, -0.25) is 4.98 Å². The third-order valence-electron chi connectivity index (χ3n) is 4.31. The predicted octanol–water partition coefficient (Wildman–Crippen LogP) is 4.77. The van der Waals surface area contributed by atoms with Crippen molar-refractivity contribution in [3.8, 4) is 10.4 Å². The van der Waals surface area contributed by atoms with Gasteiger partial charge >= 0.3 is 6.03 Å². The summed E-state index contributed by atoms with van der Waals surface area (Å²) in [6, 6.07) is 13.8. The Kier molecular flexibility index (Phi) is 6.78. The summed E-state index contributed by atoms with van der Waals surface area (Å²) >= 11 is 1.35. The minimum atomic E-state index is -3.84. The van der Waals surface area contributed by atoms with Gasteiger partial charge in [-0.1, -0.05) is 36.4 Å². The molecule has 2 amide bonds. The summed E-state index contributed by atoms with van der Waals surface area (Å²) in [5, 5.41) is 5.60. The quantitative estimate of drug-likeness (QED) is 0.495. The van der Waals surface area contributed by atoms with Crippen molar-refractivity contribution >= 4 is 33.1 Å². The Morgan fingerprint density at radius 2 is 1.81 bits per heavy atom. The molecule has 31 heavy (non-hydrogen) atoms. The summed E-state index contributed by atoms with van der Waals surface area (Å²) in [5.41, 5.74) is 2.86. The Balaban J connectivity index is 1.87. The van der Waals surface area contributed by atoms with Crippen LogP contribution in [0.15, 0.2) is 65.1 Å². The molecule has 0 spiro atoms. The van der Waals surface area contributed by atoms with Crippen molar-refractivity contribution < 1.29 is 13.2 Å². The largest absolute Gasteiger partial charge is 0.331 e. The molecular formula is C22H26N4O3S2. The van der Waals surface area contributed by atoms with Crippen LogP contribution in [-0.4, -0.2) is 25.0 Å². The van der Waals surface area contributed by atoms with Gasteiger partial charge in [0.25, 0.3) is 0 Å². The summed E-state index contributed by atoms with van der Waals surface area (Å²) in [4.78, 5) is 17.4. The number of carbonyl (C=O) groups is 1. The molecule has 0 aliphatic heterocycles. The van der Waals surface area contributed by atoms with Gasteiger partial charge in [0.15, 0.2) is 0 Å². The van der Waals surface area contributed by atoms with E-state index in [0.717, 1.165) is 10.4 Å². The second-order valence-corrected chi connectivity index (χ2v) is 10.7. The number of hydrogen-bond donors (Lipinski definition) is 3. The average molecular weight is 459 g/mol. The second-order valence-electron chi connectivity index (χ2n) is 8.16. The molecule has 0 aliphatic carbocycles. The summed E-state index contributed by atoms with van der Waals surface area (Å²) < 4.78 is 28.9. The molecule has 164 valence electrons. The average Bonchev–Trinajstić information content (AvgIpc) is 3.21. The summed E-state index contributed by atoms with van der Waals surface area (Å²) in [7, 11) is -3.84. The van der Waals surface area contributed by atoms with E-state index in [0.29, 0.717) is 11.3 Å². The molecule has 0 fully saturated rings. The van der Waals surface area contributed by atoms with Gasteiger partial charge in [-0.2, -0.15) is 0 Å². The van der Waals surface area contributed by atoms with Crippen LogP contribution in [0.2, 0.25) is 0 Å². The lowest BCUT2D eigenvalue weighted by molar-refractivity contribution is 0.249. The first-order chi connectivity index (χ1) is 14.5. The predicted molar refractivity (Wildman–Crippen MR) is 125 cm³/mol. The number of nitrogens with zero attached hydrogens (tertiary/aromatic N) is 1. The fourth-order valence-electron chi connectivity index (χ4n) is 3.02. The monoisotopic (exact) mass is 458 g/mol. The third kappa shape index (κ3) is 6.13. The maximum atomic E-state index is 13.1. The fourth-order valence-corrected chi connectivity index (χ4v) is 5.41. The number of urea groups is 1. The zero-order chi connectivity index (χ0) is 22.6. The fraction of sp³-hybridized carbons (Fsp3) is 0.273. The molecule has 3 N–H and O–H groups in total. The lowest BCUT2D eigenvalue weighted by Crippen LogP contribution is -2.40. The topological polar surface area (TPSA) is 100 Å². The summed E-state index contributed by atoms with van der Waals surface area (Å²) in [6.45, 7) is 7.21. The standard InChI is InChI=1S/C22H26N4O3S2/c1-15(16-8-6-5-7-9-16)24-21(27)25-17-10-11-18(19-13-23-14-30-19)20(12-17)31(28,29)26-22(2,3)4/h5-15,26H,1-4H3,(H2,24,25,27)/t15-/m0/s1. The van der Waals surface area contributed by atoms with Crippen LogP contribution in [0.1, 0.15) is 39.3 Å². The second kappa shape index (κ2) is 9.17. The van der Waals surface area contributed by atoms with Crippen molar-refractivity contribution in [2.75, 3.05) is 5.32 Å². The van der Waals surface area contributed by atoms with Gasteiger partial charge in [0.1, 0.15) is 0 Å². The molecule has 1 atom stereocenters. The van der Waals surface area contributed by atoms with Crippen LogP contribution in [0.3, 0.4) is 0 Å². The Hall–Kier alpha value is -2.75. The zero-order valence-corrected chi connectivity index (χ0v) is 19.5. The van der Waals surface area contributed by atoms with Crippen molar-refractivity contribution in [3.63, 3.8) is 0 Å². The molecule has 3 rings (SSSR count). The number of carbonyl (C=O) groups excluding carboxylic acids is 1. The van der Waals surface area contributed by atoms with Crippen LogP contribution >= 0.6 is 11.3 Å². The van der Waals surface area contributed by atoms with Crippen molar-refractivity contribution in [2.24, 2.45) is 0 Å². The Morgan fingerprint density at radius 1 is 1.10 bits per heavy atom. The molecule has 0 aliphatic rings. The molecule has 3 aromatic rings. The number of benzene rings is 2. The van der Waals surface area contributed by atoms with E-state index in [-0.39, 0.29) is 10.9 Å². The lowest BCUT2D eigenvalue weighted by atomic mass is 10.1. The Labute approximate surface area is 187 Å². The van der Waals surface area contributed by atoms with Crippen LogP contribution in [-0.2, 0) is 10.0 Å². The highest BCUT2D eigenvalue weighted by atomic mass is 32.2. The molecule has 0 saturated carbocycles. The van der Waals surface area contributed by atoms with E-state index in [9.17, 15) is 13.2 Å². The number of rotatable bonds is 6. The zero-order valence-electron chi connectivity index (χ0n) is 17.8. The molecule has 1 aromatic heterocycles. The highest BCUT2D eigenvalue weighted by Gasteiger charge is 2.26. The Bertz CT molecular complexity index is 1140.